The Morgan fingerprint density at radius 1 is 1.06 bits per heavy atom. The lowest BCUT2D eigenvalue weighted by atomic mass is 10.1. The Balaban J connectivity index is 1.75. The second-order valence-electron chi connectivity index (χ2n) is 7.85. The Morgan fingerprint density at radius 2 is 1.78 bits per heavy atom. The molecule has 0 bridgehead atoms. The van der Waals surface area contributed by atoms with Gasteiger partial charge in [0.2, 0.25) is 5.13 Å². The van der Waals surface area contributed by atoms with Gasteiger partial charge < -0.3 is 0 Å². The van der Waals surface area contributed by atoms with E-state index in [4.69, 9.17) is 4.98 Å². The molecule has 0 fully saturated rings. The summed E-state index contributed by atoms with van der Waals surface area (Å²) in [6.07, 6.45) is 1.84. The van der Waals surface area contributed by atoms with Gasteiger partial charge in [0.15, 0.2) is 0 Å². The summed E-state index contributed by atoms with van der Waals surface area (Å²) in [5.41, 5.74) is 3.83. The summed E-state index contributed by atoms with van der Waals surface area (Å²) < 4.78 is 43.6. The Labute approximate surface area is 193 Å². The number of halogens is 3. The topological polar surface area (TPSA) is 30.7 Å². The highest BCUT2D eigenvalue weighted by Gasteiger charge is 2.24. The summed E-state index contributed by atoms with van der Waals surface area (Å²) in [7, 11) is 0. The number of benzene rings is 2. The fourth-order valence-corrected chi connectivity index (χ4v) is 5.73. The average Bonchev–Trinajstić information content (AvgIpc) is 3.30. The van der Waals surface area contributed by atoms with E-state index in [1.165, 1.54) is 35.6 Å². The van der Waals surface area contributed by atoms with Crippen LogP contribution >= 0.6 is 23.1 Å². The molecular weight excluding hydrogens is 451 g/mol. The lowest BCUT2D eigenvalue weighted by Gasteiger charge is -2.11. The molecule has 0 saturated carbocycles. The van der Waals surface area contributed by atoms with E-state index in [0.717, 1.165) is 39.2 Å². The quantitative estimate of drug-likeness (QED) is 0.269. The summed E-state index contributed by atoms with van der Waals surface area (Å²) in [6.45, 7) is 6.95. The number of nitrogens with zero attached hydrogens (tertiary/aromatic N) is 3. The van der Waals surface area contributed by atoms with Gasteiger partial charge in [-0.1, -0.05) is 61.6 Å². The third-order valence-electron chi connectivity index (χ3n) is 4.82. The fraction of sp³-hybridized carbons (Fsp3) is 0.250. The number of thioether (sulfide) groups is 1. The minimum Gasteiger partial charge on any atom is -0.217 e. The molecule has 0 saturated heterocycles. The zero-order valence-corrected chi connectivity index (χ0v) is 19.7. The molecule has 32 heavy (non-hydrogen) atoms. The first kappa shape index (κ1) is 22.6. The van der Waals surface area contributed by atoms with Gasteiger partial charge in [0.1, 0.15) is 5.82 Å². The van der Waals surface area contributed by atoms with Gasteiger partial charge in [-0.25, -0.2) is 22.8 Å². The lowest BCUT2D eigenvalue weighted by Crippen LogP contribution is -2.06. The molecule has 0 atom stereocenters. The molecule has 0 aliphatic heterocycles. The first-order chi connectivity index (χ1) is 15.1. The first-order valence-corrected chi connectivity index (χ1v) is 11.8. The van der Waals surface area contributed by atoms with E-state index in [1.807, 2.05) is 19.2 Å². The maximum absolute atomic E-state index is 13.7. The first-order valence-electron chi connectivity index (χ1n) is 10.1. The Kier molecular flexibility index (Phi) is 6.18. The number of aromatic nitrogens is 3. The van der Waals surface area contributed by atoms with Crippen LogP contribution in [0.3, 0.4) is 0 Å². The van der Waals surface area contributed by atoms with Crippen LogP contribution in [0.1, 0.15) is 32.0 Å². The van der Waals surface area contributed by atoms with Crippen molar-refractivity contribution in [3.05, 3.63) is 71.8 Å². The van der Waals surface area contributed by atoms with Crippen LogP contribution in [0.25, 0.3) is 27.5 Å². The maximum atomic E-state index is 13.7. The molecule has 0 radical (unpaired) electrons. The van der Waals surface area contributed by atoms with Crippen LogP contribution < -0.4 is 0 Å². The van der Waals surface area contributed by atoms with Gasteiger partial charge in [0.05, 0.1) is 15.6 Å². The highest BCUT2D eigenvalue weighted by Crippen LogP contribution is 2.40. The van der Waals surface area contributed by atoms with Crippen LogP contribution in [0.2, 0.25) is 0 Å². The van der Waals surface area contributed by atoms with Gasteiger partial charge in [-0.3, -0.25) is 0 Å². The Morgan fingerprint density at radius 3 is 2.41 bits per heavy atom. The SMILES string of the molecule is Cc1nn(-c2nc(-c3ccc(C(C)(F)F)cc3)c(SC(C)C)s2)cc1-c1cccc(F)c1. The molecule has 0 unspecified atom stereocenters. The molecule has 0 N–H and O–H groups in total. The van der Waals surface area contributed by atoms with E-state index >= 15 is 0 Å². The number of rotatable bonds is 6. The molecule has 4 aromatic rings. The number of hydrogen-bond acceptors (Lipinski definition) is 4. The summed E-state index contributed by atoms with van der Waals surface area (Å²) in [6, 6.07) is 12.7. The minimum atomic E-state index is -2.89. The fourth-order valence-electron chi connectivity index (χ4n) is 3.29. The summed E-state index contributed by atoms with van der Waals surface area (Å²) >= 11 is 3.17. The predicted octanol–water partition coefficient (Wildman–Crippen LogP) is 7.72. The monoisotopic (exact) mass is 473 g/mol. The molecule has 2 aromatic carbocycles. The van der Waals surface area contributed by atoms with Crippen LogP contribution in [0.5, 0.6) is 0 Å². The van der Waals surface area contributed by atoms with Crippen molar-refractivity contribution in [2.75, 3.05) is 0 Å². The summed E-state index contributed by atoms with van der Waals surface area (Å²) in [4.78, 5) is 4.80. The standard InChI is InChI=1S/C24H22F3N3S2/c1-14(2)31-22-21(16-8-10-18(11-9-16)24(4,26)27)28-23(32-22)30-13-20(15(3)29-30)17-6-5-7-19(25)12-17/h5-14H,1-4H3. The largest absolute Gasteiger partial charge is 0.270 e. The molecule has 0 amide bonds. The van der Waals surface area contributed by atoms with Gasteiger partial charge in [0, 0.05) is 35.1 Å². The van der Waals surface area contributed by atoms with E-state index < -0.39 is 5.92 Å². The molecule has 2 aromatic heterocycles. The van der Waals surface area contributed by atoms with Crippen molar-refractivity contribution in [3.63, 3.8) is 0 Å². The smallest absolute Gasteiger partial charge is 0.217 e. The van der Waals surface area contributed by atoms with E-state index in [9.17, 15) is 13.2 Å². The van der Waals surface area contributed by atoms with Crippen molar-refractivity contribution in [3.8, 4) is 27.5 Å². The Hall–Kier alpha value is -2.58. The van der Waals surface area contributed by atoms with Crippen molar-refractivity contribution in [1.29, 1.82) is 0 Å². The van der Waals surface area contributed by atoms with Crippen molar-refractivity contribution in [2.24, 2.45) is 0 Å². The van der Waals surface area contributed by atoms with E-state index in [0.29, 0.717) is 10.4 Å². The Bertz CT molecular complexity index is 1240. The van der Waals surface area contributed by atoms with Crippen molar-refractivity contribution >= 4 is 23.1 Å². The summed E-state index contributed by atoms with van der Waals surface area (Å²) in [5.74, 6) is -3.19. The van der Waals surface area contributed by atoms with E-state index in [-0.39, 0.29) is 11.4 Å². The molecule has 4 rings (SSSR count). The maximum Gasteiger partial charge on any atom is 0.270 e. The molecule has 3 nitrogen and oxygen atoms in total. The average molecular weight is 474 g/mol. The highest BCUT2D eigenvalue weighted by molar-refractivity contribution is 8.01. The van der Waals surface area contributed by atoms with Gasteiger partial charge in [0.25, 0.3) is 5.92 Å². The molecule has 166 valence electrons. The van der Waals surface area contributed by atoms with Crippen LogP contribution in [-0.4, -0.2) is 20.0 Å². The number of thiazole rings is 1. The number of hydrogen-bond donors (Lipinski definition) is 0. The predicted molar refractivity (Wildman–Crippen MR) is 125 cm³/mol. The second kappa shape index (κ2) is 8.75. The number of aryl methyl sites for hydroxylation is 1. The van der Waals surface area contributed by atoms with Gasteiger partial charge in [-0.2, -0.15) is 5.10 Å². The number of alkyl halides is 2. The van der Waals surface area contributed by atoms with Gasteiger partial charge >= 0.3 is 0 Å². The van der Waals surface area contributed by atoms with Gasteiger partial charge in [-0.05, 0) is 24.6 Å². The highest BCUT2D eigenvalue weighted by atomic mass is 32.2. The molecule has 0 aliphatic carbocycles. The second-order valence-corrected chi connectivity index (χ2v) is 10.7. The van der Waals surface area contributed by atoms with Crippen LogP contribution in [0.15, 0.2) is 58.9 Å². The zero-order valence-electron chi connectivity index (χ0n) is 18.1. The molecule has 0 spiro atoms. The third kappa shape index (κ3) is 4.76. The van der Waals surface area contributed by atoms with Crippen molar-refractivity contribution in [2.45, 2.75) is 43.1 Å². The third-order valence-corrected chi connectivity index (χ3v) is 7.08. The van der Waals surface area contributed by atoms with Crippen LogP contribution in [0, 0.1) is 12.7 Å². The molecule has 0 aliphatic rings. The zero-order chi connectivity index (χ0) is 23.0. The summed E-state index contributed by atoms with van der Waals surface area (Å²) in [5, 5.41) is 5.58. The normalized spacial score (nSPS) is 12.0. The molecular formula is C24H22F3N3S2. The van der Waals surface area contributed by atoms with Gasteiger partial charge in [-0.15, -0.1) is 11.8 Å². The molecule has 2 heterocycles. The van der Waals surface area contributed by atoms with Crippen LogP contribution in [-0.2, 0) is 5.92 Å². The van der Waals surface area contributed by atoms with E-state index in [2.05, 4.69) is 18.9 Å². The van der Waals surface area contributed by atoms with E-state index in [1.54, 1.807) is 34.6 Å². The molecule has 8 heteroatoms. The van der Waals surface area contributed by atoms with Crippen molar-refractivity contribution < 1.29 is 13.2 Å². The van der Waals surface area contributed by atoms with Crippen LogP contribution in [0.4, 0.5) is 13.2 Å². The lowest BCUT2D eigenvalue weighted by molar-refractivity contribution is 0.0175. The minimum absolute atomic E-state index is 0.0304. The van der Waals surface area contributed by atoms with Crippen molar-refractivity contribution in [1.82, 2.24) is 14.8 Å².